The summed E-state index contributed by atoms with van der Waals surface area (Å²) in [6.45, 7) is 12.7. The van der Waals surface area contributed by atoms with Crippen LogP contribution in [-0.4, -0.2) is 39.3 Å². The van der Waals surface area contributed by atoms with E-state index < -0.39 is 0 Å². The highest BCUT2D eigenvalue weighted by Gasteiger charge is 2.35. The van der Waals surface area contributed by atoms with Crippen LogP contribution < -0.4 is 0 Å². The molecule has 1 aliphatic heterocycles. The molecule has 1 aliphatic rings. The van der Waals surface area contributed by atoms with E-state index >= 15 is 0 Å². The quantitative estimate of drug-likeness (QED) is 0.425. The molecule has 0 radical (unpaired) electrons. The number of likely N-dealkylation sites (tertiary alicyclic amines) is 1. The zero-order valence-electron chi connectivity index (χ0n) is 18.8. The fourth-order valence-corrected chi connectivity index (χ4v) is 5.00. The number of benzene rings is 2. The fourth-order valence-electron chi connectivity index (χ4n) is 4.61. The molecule has 0 aliphatic carbocycles. The highest BCUT2D eigenvalue weighted by molar-refractivity contribution is 6.42. The van der Waals surface area contributed by atoms with Crippen molar-refractivity contribution in [2.24, 2.45) is 5.41 Å². The number of hydrogen-bond acceptors (Lipinski definition) is 3. The van der Waals surface area contributed by atoms with E-state index in [9.17, 15) is 5.11 Å². The molecule has 1 saturated heterocycles. The number of nitrogens with zero attached hydrogens (tertiary/aromatic N) is 4. The maximum Gasteiger partial charge on any atom is 0.187 e. The minimum absolute atomic E-state index is 0.140. The molecule has 1 fully saturated rings. The number of imidazole rings is 1. The molecule has 4 rings (SSSR count). The number of aliphatic hydroxyl groups is 1. The average molecular weight is 483 g/mol. The summed E-state index contributed by atoms with van der Waals surface area (Å²) < 4.78 is 2.24. The van der Waals surface area contributed by atoms with E-state index in [2.05, 4.69) is 19.3 Å². The number of rotatable bonds is 7. The van der Waals surface area contributed by atoms with Gasteiger partial charge in [0.15, 0.2) is 5.69 Å². The summed E-state index contributed by atoms with van der Waals surface area (Å²) >= 11 is 12.6. The van der Waals surface area contributed by atoms with Crippen molar-refractivity contribution in [2.45, 2.75) is 39.3 Å². The van der Waals surface area contributed by atoms with Crippen LogP contribution in [0.15, 0.2) is 48.7 Å². The molecule has 33 heavy (non-hydrogen) atoms. The van der Waals surface area contributed by atoms with E-state index in [1.165, 1.54) is 5.69 Å². The predicted molar refractivity (Wildman–Crippen MR) is 133 cm³/mol. The lowest BCUT2D eigenvalue weighted by Crippen LogP contribution is -2.43. The number of piperidine rings is 1. The molecule has 0 bridgehead atoms. The number of aromatic nitrogens is 2. The molecular formula is C26H28Cl2N4O. The van der Waals surface area contributed by atoms with E-state index in [1.807, 2.05) is 49.5 Å². The second-order valence-corrected chi connectivity index (χ2v) is 9.77. The van der Waals surface area contributed by atoms with Gasteiger partial charge in [0.05, 0.1) is 22.3 Å². The zero-order valence-corrected chi connectivity index (χ0v) is 20.3. The van der Waals surface area contributed by atoms with E-state index in [-0.39, 0.29) is 12.0 Å². The van der Waals surface area contributed by atoms with Crippen molar-refractivity contribution < 1.29 is 5.11 Å². The van der Waals surface area contributed by atoms with Crippen LogP contribution in [0.4, 0.5) is 5.69 Å². The molecule has 0 unspecified atom stereocenters. The Morgan fingerprint density at radius 3 is 2.48 bits per heavy atom. The molecule has 2 heterocycles. The van der Waals surface area contributed by atoms with Gasteiger partial charge in [0, 0.05) is 25.9 Å². The summed E-state index contributed by atoms with van der Waals surface area (Å²) in [5.41, 5.74) is 3.81. The first-order chi connectivity index (χ1) is 15.9. The highest BCUT2D eigenvalue weighted by Crippen LogP contribution is 2.38. The largest absolute Gasteiger partial charge is 0.396 e. The number of aryl methyl sites for hydroxylation is 1. The number of halogens is 2. The molecule has 5 nitrogen and oxygen atoms in total. The van der Waals surface area contributed by atoms with Crippen LogP contribution in [0.2, 0.25) is 10.0 Å². The second-order valence-electron chi connectivity index (χ2n) is 8.99. The van der Waals surface area contributed by atoms with Gasteiger partial charge >= 0.3 is 0 Å². The topological polar surface area (TPSA) is 45.6 Å². The zero-order chi connectivity index (χ0) is 23.4. The van der Waals surface area contributed by atoms with E-state index in [1.54, 1.807) is 6.07 Å². The smallest absolute Gasteiger partial charge is 0.187 e. The van der Waals surface area contributed by atoms with Crippen molar-refractivity contribution in [1.82, 2.24) is 14.5 Å². The van der Waals surface area contributed by atoms with Gasteiger partial charge in [-0.3, -0.25) is 4.90 Å². The lowest BCUT2D eigenvalue weighted by molar-refractivity contribution is 0.0406. The van der Waals surface area contributed by atoms with Gasteiger partial charge < -0.3 is 9.67 Å². The molecule has 2 aromatic carbocycles. The molecule has 172 valence electrons. The Hall–Kier alpha value is -2.36. The van der Waals surface area contributed by atoms with Gasteiger partial charge in [-0.05, 0) is 61.9 Å². The Morgan fingerprint density at radius 1 is 1.09 bits per heavy atom. The first-order valence-electron chi connectivity index (χ1n) is 11.2. The highest BCUT2D eigenvalue weighted by atomic mass is 35.5. The lowest BCUT2D eigenvalue weighted by Gasteiger charge is -2.41. The molecule has 1 N–H and O–H groups in total. The van der Waals surface area contributed by atoms with Crippen LogP contribution in [0, 0.1) is 18.9 Å². The van der Waals surface area contributed by atoms with Crippen LogP contribution in [0.5, 0.6) is 0 Å². The van der Waals surface area contributed by atoms with Crippen molar-refractivity contribution in [2.75, 3.05) is 19.7 Å². The van der Waals surface area contributed by atoms with Crippen LogP contribution >= 0.6 is 23.2 Å². The number of aliphatic hydroxyl groups excluding tert-OH is 1. The first kappa shape index (κ1) is 23.8. The SMILES string of the molecule is [C-]#[N+]c1ccc(Cn2c(CN3CCC(CO)(Cc4cccc(Cl)c4Cl)CC3)cnc2C)cc1. The van der Waals surface area contributed by atoms with Gasteiger partial charge in [0.25, 0.3) is 0 Å². The summed E-state index contributed by atoms with van der Waals surface area (Å²) in [7, 11) is 0. The van der Waals surface area contributed by atoms with E-state index in [4.69, 9.17) is 29.8 Å². The Labute approximate surface area is 205 Å². The van der Waals surface area contributed by atoms with Crippen molar-refractivity contribution in [3.63, 3.8) is 0 Å². The Morgan fingerprint density at radius 2 is 1.82 bits per heavy atom. The summed E-state index contributed by atoms with van der Waals surface area (Å²) in [4.78, 5) is 10.5. The molecule has 0 spiro atoms. The summed E-state index contributed by atoms with van der Waals surface area (Å²) in [6.07, 6.45) is 4.49. The van der Waals surface area contributed by atoms with Crippen LogP contribution in [0.1, 0.15) is 35.5 Å². The normalized spacial score (nSPS) is 16.0. The van der Waals surface area contributed by atoms with E-state index in [0.29, 0.717) is 15.7 Å². The van der Waals surface area contributed by atoms with Gasteiger partial charge in [-0.15, -0.1) is 0 Å². The molecule has 3 aromatic rings. The third-order valence-corrected chi connectivity index (χ3v) is 7.64. The lowest BCUT2D eigenvalue weighted by atomic mass is 9.74. The van der Waals surface area contributed by atoms with Gasteiger partial charge in [-0.1, -0.05) is 59.6 Å². The molecule has 0 amide bonds. The molecule has 7 heteroatoms. The van der Waals surface area contributed by atoms with Gasteiger partial charge in [-0.2, -0.15) is 0 Å². The second kappa shape index (κ2) is 10.3. The van der Waals surface area contributed by atoms with Gasteiger partial charge in [0.2, 0.25) is 0 Å². The minimum Gasteiger partial charge on any atom is -0.396 e. The standard InChI is InChI=1S/C26H28Cl2N4O/c1-19-30-15-23(32(19)16-20-6-8-22(29-2)9-7-20)17-31-12-10-26(18-33,11-13-31)14-21-4-3-5-24(27)25(21)28/h3-9,15,33H,10-14,16-18H2,1H3. The fraction of sp³-hybridized carbons (Fsp3) is 0.385. The van der Waals surface area contributed by atoms with Crippen LogP contribution in [-0.2, 0) is 19.5 Å². The first-order valence-corrected chi connectivity index (χ1v) is 11.9. The van der Waals surface area contributed by atoms with Crippen molar-refractivity contribution in [3.05, 3.63) is 92.8 Å². The van der Waals surface area contributed by atoms with Crippen LogP contribution in [0.25, 0.3) is 4.85 Å². The predicted octanol–water partition coefficient (Wildman–Crippen LogP) is 5.91. The maximum absolute atomic E-state index is 10.3. The van der Waals surface area contributed by atoms with Crippen molar-refractivity contribution >= 4 is 28.9 Å². The van der Waals surface area contributed by atoms with Crippen molar-refractivity contribution in [1.29, 1.82) is 0 Å². The van der Waals surface area contributed by atoms with Gasteiger partial charge in [0.1, 0.15) is 5.82 Å². The summed E-state index contributed by atoms with van der Waals surface area (Å²) in [5.74, 6) is 0.983. The monoisotopic (exact) mass is 482 g/mol. The van der Waals surface area contributed by atoms with E-state index in [0.717, 1.165) is 62.4 Å². The summed E-state index contributed by atoms with van der Waals surface area (Å²) in [5, 5.41) is 11.4. The Balaban J connectivity index is 1.41. The minimum atomic E-state index is -0.175. The average Bonchev–Trinajstić information content (AvgIpc) is 3.17. The Bertz CT molecular complexity index is 1140. The number of hydrogen-bond donors (Lipinski definition) is 1. The van der Waals surface area contributed by atoms with Crippen molar-refractivity contribution in [3.8, 4) is 0 Å². The summed E-state index contributed by atoms with van der Waals surface area (Å²) in [6, 6.07) is 13.5. The van der Waals surface area contributed by atoms with Gasteiger partial charge in [-0.25, -0.2) is 9.83 Å². The molecule has 1 aromatic heterocycles. The third kappa shape index (κ3) is 5.42. The molecule has 0 atom stereocenters. The van der Waals surface area contributed by atoms with Crippen LogP contribution in [0.3, 0.4) is 0 Å². The molecular weight excluding hydrogens is 455 g/mol. The third-order valence-electron chi connectivity index (χ3n) is 6.78. The Kier molecular flexibility index (Phi) is 7.41. The molecule has 0 saturated carbocycles. The maximum atomic E-state index is 10.3.